The van der Waals surface area contributed by atoms with Crippen LogP contribution in [0, 0.1) is 9.52 Å². The van der Waals surface area contributed by atoms with Crippen LogP contribution in [0.1, 0.15) is 38.4 Å². The lowest BCUT2D eigenvalue weighted by molar-refractivity contribution is 0.439. The Morgan fingerprint density at radius 3 is 2.64 bits per heavy atom. The minimum absolute atomic E-state index is 0.00514. The molecule has 1 fully saturated rings. The van der Waals surface area contributed by atoms with Crippen LogP contribution in [0.3, 0.4) is 0 Å². The fourth-order valence-corrected chi connectivity index (χ4v) is 2.28. The summed E-state index contributed by atoms with van der Waals surface area (Å²) < 4.78 is 13.7. The number of nitrogens with zero attached hydrogens (tertiary/aromatic N) is 2. The van der Waals surface area contributed by atoms with Crippen LogP contribution < -0.4 is 0 Å². The number of rotatable bonds is 1. The third-order valence-corrected chi connectivity index (χ3v) is 3.67. The highest BCUT2D eigenvalue weighted by molar-refractivity contribution is 14.1. The van der Waals surface area contributed by atoms with Crippen molar-refractivity contribution in [1.82, 2.24) is 9.97 Å². The van der Waals surface area contributed by atoms with E-state index < -0.39 is 0 Å². The Morgan fingerprint density at radius 2 is 2.07 bits per heavy atom. The van der Waals surface area contributed by atoms with Gasteiger partial charge in [-0.05, 0) is 35.4 Å². The minimum atomic E-state index is -0.385. The average Bonchev–Trinajstić information content (AvgIpc) is 2.58. The summed E-state index contributed by atoms with van der Waals surface area (Å²) in [5.41, 5.74) is 0.00514. The van der Waals surface area contributed by atoms with Gasteiger partial charge >= 0.3 is 0 Å². The molecule has 2 nitrogen and oxygen atoms in total. The Morgan fingerprint density at radius 1 is 1.43 bits per heavy atom. The normalized spacial score (nSPS) is 19.9. The Bertz CT molecular complexity index is 348. The summed E-state index contributed by atoms with van der Waals surface area (Å²) >= 11 is 1.91. The molecular weight excluding hydrogens is 294 g/mol. The van der Waals surface area contributed by atoms with E-state index in [1.54, 1.807) is 6.20 Å². The van der Waals surface area contributed by atoms with Crippen LogP contribution in [0.25, 0.3) is 0 Å². The van der Waals surface area contributed by atoms with Gasteiger partial charge in [0.15, 0.2) is 0 Å². The van der Waals surface area contributed by atoms with Gasteiger partial charge in [0.1, 0.15) is 5.82 Å². The largest absolute Gasteiger partial charge is 0.239 e. The van der Waals surface area contributed by atoms with Crippen LogP contribution in [0.2, 0.25) is 0 Å². The van der Waals surface area contributed by atoms with Gasteiger partial charge in [0, 0.05) is 11.6 Å². The van der Waals surface area contributed by atoms with Crippen molar-refractivity contribution in [3.05, 3.63) is 21.5 Å². The molecule has 0 saturated heterocycles. The molecule has 4 heteroatoms. The first-order valence-electron chi connectivity index (χ1n) is 4.80. The molecule has 2 rings (SSSR count). The maximum atomic E-state index is 13.2. The fourth-order valence-electron chi connectivity index (χ4n) is 2.02. The van der Waals surface area contributed by atoms with E-state index in [2.05, 4.69) is 16.9 Å². The zero-order valence-electron chi connectivity index (χ0n) is 8.06. The van der Waals surface area contributed by atoms with E-state index in [4.69, 9.17) is 0 Å². The molecule has 14 heavy (non-hydrogen) atoms. The van der Waals surface area contributed by atoms with Gasteiger partial charge < -0.3 is 0 Å². The van der Waals surface area contributed by atoms with Crippen molar-refractivity contribution < 1.29 is 4.39 Å². The highest BCUT2D eigenvalue weighted by atomic mass is 127. The van der Waals surface area contributed by atoms with Gasteiger partial charge in [-0.15, -0.1) is 0 Å². The molecule has 76 valence electrons. The molecule has 0 atom stereocenters. The van der Waals surface area contributed by atoms with Gasteiger partial charge in [0.2, 0.25) is 5.95 Å². The first kappa shape index (κ1) is 10.3. The topological polar surface area (TPSA) is 25.8 Å². The highest BCUT2D eigenvalue weighted by Gasteiger charge is 2.33. The molecule has 1 aromatic rings. The van der Waals surface area contributed by atoms with Gasteiger partial charge in [-0.3, -0.25) is 0 Å². The van der Waals surface area contributed by atoms with Gasteiger partial charge in [-0.1, -0.05) is 19.8 Å². The summed E-state index contributed by atoms with van der Waals surface area (Å²) in [7, 11) is 0. The van der Waals surface area contributed by atoms with Crippen LogP contribution in [-0.2, 0) is 5.41 Å². The SMILES string of the molecule is CC1(c2ncc(I)c(F)n2)CCCC1. The lowest BCUT2D eigenvalue weighted by Crippen LogP contribution is -2.21. The maximum absolute atomic E-state index is 13.2. The third-order valence-electron chi connectivity index (χ3n) is 2.95. The molecule has 1 aliphatic carbocycles. The standard InChI is InChI=1S/C10H12FIN2/c1-10(4-2-3-5-10)9-13-6-7(12)8(11)14-9/h6H,2-5H2,1H3. The average molecular weight is 306 g/mol. The molecule has 0 radical (unpaired) electrons. The molecule has 1 aromatic heterocycles. The number of hydrogen-bond acceptors (Lipinski definition) is 2. The van der Waals surface area contributed by atoms with Crippen LogP contribution in [0.4, 0.5) is 4.39 Å². The van der Waals surface area contributed by atoms with Gasteiger partial charge in [0.05, 0.1) is 3.57 Å². The molecule has 0 aromatic carbocycles. The van der Waals surface area contributed by atoms with Crippen molar-refractivity contribution in [3.8, 4) is 0 Å². The fraction of sp³-hybridized carbons (Fsp3) is 0.600. The zero-order valence-corrected chi connectivity index (χ0v) is 10.2. The van der Waals surface area contributed by atoms with Crippen molar-refractivity contribution in [2.24, 2.45) is 0 Å². The van der Waals surface area contributed by atoms with Crippen molar-refractivity contribution in [2.75, 3.05) is 0 Å². The minimum Gasteiger partial charge on any atom is -0.239 e. The number of hydrogen-bond donors (Lipinski definition) is 0. The molecule has 0 N–H and O–H groups in total. The summed E-state index contributed by atoms with van der Waals surface area (Å²) in [6, 6.07) is 0. The van der Waals surface area contributed by atoms with Crippen LogP contribution in [0.15, 0.2) is 6.20 Å². The van der Waals surface area contributed by atoms with Crippen LogP contribution in [-0.4, -0.2) is 9.97 Å². The first-order chi connectivity index (χ1) is 6.62. The van der Waals surface area contributed by atoms with Gasteiger partial charge in [-0.2, -0.15) is 4.39 Å². The summed E-state index contributed by atoms with van der Waals surface area (Å²) in [4.78, 5) is 8.18. The molecule has 1 saturated carbocycles. The van der Waals surface area contributed by atoms with E-state index in [-0.39, 0.29) is 11.4 Å². The van der Waals surface area contributed by atoms with Crippen molar-refractivity contribution in [3.63, 3.8) is 0 Å². The number of aromatic nitrogens is 2. The number of halogens is 2. The van der Waals surface area contributed by atoms with Gasteiger partial charge in [0.25, 0.3) is 0 Å². The summed E-state index contributed by atoms with van der Waals surface area (Å²) in [5, 5.41) is 0. The van der Waals surface area contributed by atoms with E-state index in [9.17, 15) is 4.39 Å². The third kappa shape index (κ3) is 1.76. The van der Waals surface area contributed by atoms with E-state index in [0.29, 0.717) is 9.39 Å². The Kier molecular flexibility index (Phi) is 2.72. The monoisotopic (exact) mass is 306 g/mol. The summed E-state index contributed by atoms with van der Waals surface area (Å²) in [6.07, 6.45) is 6.13. The Balaban J connectivity index is 2.36. The van der Waals surface area contributed by atoms with E-state index >= 15 is 0 Å². The molecule has 0 amide bonds. The lowest BCUT2D eigenvalue weighted by Gasteiger charge is -2.21. The van der Waals surface area contributed by atoms with Gasteiger partial charge in [-0.25, -0.2) is 9.97 Å². The van der Waals surface area contributed by atoms with Crippen molar-refractivity contribution in [2.45, 2.75) is 38.0 Å². The smallest absolute Gasteiger partial charge is 0.229 e. The van der Waals surface area contributed by atoms with E-state index in [1.165, 1.54) is 12.8 Å². The van der Waals surface area contributed by atoms with Crippen molar-refractivity contribution in [1.29, 1.82) is 0 Å². The van der Waals surface area contributed by atoms with Crippen LogP contribution in [0.5, 0.6) is 0 Å². The highest BCUT2D eigenvalue weighted by Crippen LogP contribution is 2.38. The molecule has 0 aliphatic heterocycles. The second kappa shape index (κ2) is 3.72. The first-order valence-corrected chi connectivity index (χ1v) is 5.88. The molecule has 1 heterocycles. The zero-order chi connectivity index (χ0) is 10.2. The van der Waals surface area contributed by atoms with E-state index in [0.717, 1.165) is 12.8 Å². The molecule has 0 spiro atoms. The summed E-state index contributed by atoms with van der Waals surface area (Å²) in [5.74, 6) is 0.289. The Labute approximate surface area is 96.5 Å². The molecule has 1 aliphatic rings. The molecular formula is C10H12FIN2. The molecule has 0 unspecified atom stereocenters. The molecule has 0 bridgehead atoms. The predicted octanol–water partition coefficient (Wildman–Crippen LogP) is 3.05. The lowest BCUT2D eigenvalue weighted by atomic mass is 9.88. The van der Waals surface area contributed by atoms with Crippen molar-refractivity contribution >= 4 is 22.6 Å². The quantitative estimate of drug-likeness (QED) is 0.589. The second-order valence-electron chi connectivity index (χ2n) is 4.10. The maximum Gasteiger partial charge on any atom is 0.229 e. The summed E-state index contributed by atoms with van der Waals surface area (Å²) in [6.45, 7) is 2.13. The Hall–Kier alpha value is -0.260. The second-order valence-corrected chi connectivity index (χ2v) is 5.26. The van der Waals surface area contributed by atoms with E-state index in [1.807, 2.05) is 22.6 Å². The predicted molar refractivity (Wildman–Crippen MR) is 60.5 cm³/mol. The van der Waals surface area contributed by atoms with Crippen LogP contribution >= 0.6 is 22.6 Å².